The van der Waals surface area contributed by atoms with E-state index in [1.165, 1.54) is 18.4 Å². The number of fused-ring (bicyclic) bond motifs is 1. The highest BCUT2D eigenvalue weighted by Gasteiger charge is 2.20. The van der Waals surface area contributed by atoms with Crippen molar-refractivity contribution in [2.75, 3.05) is 11.9 Å². The Morgan fingerprint density at radius 1 is 1.38 bits per heavy atom. The first-order chi connectivity index (χ1) is 7.81. The van der Waals surface area contributed by atoms with Gasteiger partial charge in [0.15, 0.2) is 0 Å². The van der Waals surface area contributed by atoms with E-state index in [1.54, 1.807) is 0 Å². The van der Waals surface area contributed by atoms with Gasteiger partial charge in [-0.3, -0.25) is 4.79 Å². The lowest BCUT2D eigenvalue weighted by Gasteiger charge is -2.05. The number of carbonyl (C=O) groups is 1. The minimum atomic E-state index is 0.114. The lowest BCUT2D eigenvalue weighted by molar-refractivity contribution is -0.115. The van der Waals surface area contributed by atoms with Crippen molar-refractivity contribution in [2.24, 2.45) is 0 Å². The van der Waals surface area contributed by atoms with Crippen molar-refractivity contribution in [1.82, 2.24) is 5.32 Å². The summed E-state index contributed by atoms with van der Waals surface area (Å²) in [6.45, 7) is 1.05. The van der Waals surface area contributed by atoms with Crippen molar-refractivity contribution >= 4 is 11.6 Å². The van der Waals surface area contributed by atoms with Gasteiger partial charge in [-0.2, -0.15) is 0 Å². The lowest BCUT2D eigenvalue weighted by Crippen LogP contribution is -2.19. The highest BCUT2D eigenvalue weighted by Crippen LogP contribution is 2.24. The third-order valence-corrected chi connectivity index (χ3v) is 3.22. The van der Waals surface area contributed by atoms with Gasteiger partial charge in [-0.05, 0) is 43.0 Å². The van der Waals surface area contributed by atoms with Crippen molar-refractivity contribution in [2.45, 2.75) is 31.7 Å². The van der Waals surface area contributed by atoms with Crippen LogP contribution in [-0.2, 0) is 17.6 Å². The molecule has 0 radical (unpaired) electrons. The number of rotatable bonds is 4. The second kappa shape index (κ2) is 3.91. The molecule has 3 heteroatoms. The van der Waals surface area contributed by atoms with Gasteiger partial charge in [0, 0.05) is 11.7 Å². The van der Waals surface area contributed by atoms with Crippen molar-refractivity contribution in [3.63, 3.8) is 0 Å². The van der Waals surface area contributed by atoms with Gasteiger partial charge < -0.3 is 10.6 Å². The van der Waals surface area contributed by atoms with Gasteiger partial charge in [0.25, 0.3) is 0 Å². The first kappa shape index (κ1) is 9.85. The van der Waals surface area contributed by atoms with E-state index in [2.05, 4.69) is 22.8 Å². The molecule has 1 aliphatic carbocycles. The fourth-order valence-electron chi connectivity index (χ4n) is 2.15. The summed E-state index contributed by atoms with van der Waals surface area (Å²) in [5, 5.41) is 6.35. The molecule has 1 aromatic carbocycles. The summed E-state index contributed by atoms with van der Waals surface area (Å²) < 4.78 is 0. The molecular weight excluding hydrogens is 200 g/mol. The Kier molecular flexibility index (Phi) is 2.40. The zero-order chi connectivity index (χ0) is 11.0. The molecule has 3 rings (SSSR count). The number of benzene rings is 1. The highest BCUT2D eigenvalue weighted by molar-refractivity contribution is 5.99. The Balaban J connectivity index is 1.62. The highest BCUT2D eigenvalue weighted by atomic mass is 16.1. The van der Waals surface area contributed by atoms with Crippen LogP contribution in [0.4, 0.5) is 5.69 Å². The van der Waals surface area contributed by atoms with Crippen LogP contribution in [0.25, 0.3) is 0 Å². The molecule has 0 atom stereocenters. The number of hydrogen-bond acceptors (Lipinski definition) is 2. The van der Waals surface area contributed by atoms with Gasteiger partial charge in [0.1, 0.15) is 0 Å². The lowest BCUT2D eigenvalue weighted by atomic mass is 10.1. The number of anilines is 1. The zero-order valence-corrected chi connectivity index (χ0v) is 9.25. The van der Waals surface area contributed by atoms with Crippen LogP contribution in [0.1, 0.15) is 24.0 Å². The molecule has 16 heavy (non-hydrogen) atoms. The van der Waals surface area contributed by atoms with Crippen LogP contribution >= 0.6 is 0 Å². The predicted molar refractivity (Wildman–Crippen MR) is 63.5 cm³/mol. The van der Waals surface area contributed by atoms with Crippen LogP contribution in [0.3, 0.4) is 0 Å². The first-order valence-corrected chi connectivity index (χ1v) is 5.96. The molecular formula is C13H16N2O. The van der Waals surface area contributed by atoms with Crippen LogP contribution in [0.2, 0.25) is 0 Å². The smallest absolute Gasteiger partial charge is 0.228 e. The summed E-state index contributed by atoms with van der Waals surface area (Å²) in [7, 11) is 0. The SMILES string of the molecule is O=C1Cc2cc(CCNC3CC3)ccc2N1. The van der Waals surface area contributed by atoms with Gasteiger partial charge in [0.2, 0.25) is 5.91 Å². The van der Waals surface area contributed by atoms with Gasteiger partial charge in [0.05, 0.1) is 6.42 Å². The van der Waals surface area contributed by atoms with Crippen molar-refractivity contribution in [1.29, 1.82) is 0 Å². The van der Waals surface area contributed by atoms with Crippen LogP contribution in [0, 0.1) is 0 Å². The first-order valence-electron chi connectivity index (χ1n) is 5.96. The fourth-order valence-corrected chi connectivity index (χ4v) is 2.15. The van der Waals surface area contributed by atoms with Crippen molar-refractivity contribution in [3.05, 3.63) is 29.3 Å². The molecule has 0 saturated heterocycles. The summed E-state index contributed by atoms with van der Waals surface area (Å²) in [6.07, 6.45) is 4.27. The summed E-state index contributed by atoms with van der Waals surface area (Å²) in [5.41, 5.74) is 3.46. The molecule has 1 aliphatic heterocycles. The number of nitrogens with one attached hydrogen (secondary N) is 2. The van der Waals surface area contributed by atoms with E-state index in [9.17, 15) is 4.79 Å². The van der Waals surface area contributed by atoms with E-state index in [1.807, 2.05) is 6.07 Å². The molecule has 0 bridgehead atoms. The van der Waals surface area contributed by atoms with E-state index in [0.29, 0.717) is 6.42 Å². The summed E-state index contributed by atoms with van der Waals surface area (Å²) in [6, 6.07) is 7.06. The van der Waals surface area contributed by atoms with E-state index < -0.39 is 0 Å². The topological polar surface area (TPSA) is 41.1 Å². The van der Waals surface area contributed by atoms with E-state index >= 15 is 0 Å². The molecule has 1 saturated carbocycles. The average molecular weight is 216 g/mol. The minimum Gasteiger partial charge on any atom is -0.326 e. The minimum absolute atomic E-state index is 0.114. The molecule has 0 unspecified atom stereocenters. The largest absolute Gasteiger partial charge is 0.326 e. The molecule has 1 amide bonds. The Morgan fingerprint density at radius 3 is 3.06 bits per heavy atom. The average Bonchev–Trinajstić information content (AvgIpc) is 2.99. The van der Waals surface area contributed by atoms with E-state index in [0.717, 1.165) is 30.3 Å². The molecule has 2 aliphatic rings. The standard InChI is InChI=1S/C13H16N2O/c16-13-8-10-7-9(1-4-12(10)15-13)5-6-14-11-2-3-11/h1,4,7,11,14H,2-3,5-6,8H2,(H,15,16). The summed E-state index contributed by atoms with van der Waals surface area (Å²) >= 11 is 0. The van der Waals surface area contributed by atoms with E-state index in [4.69, 9.17) is 0 Å². The van der Waals surface area contributed by atoms with Crippen molar-refractivity contribution in [3.8, 4) is 0 Å². The maximum Gasteiger partial charge on any atom is 0.228 e. The Morgan fingerprint density at radius 2 is 2.25 bits per heavy atom. The molecule has 2 N–H and O–H groups in total. The van der Waals surface area contributed by atoms with Gasteiger partial charge in [-0.1, -0.05) is 12.1 Å². The molecule has 1 aromatic rings. The third kappa shape index (κ3) is 2.09. The Hall–Kier alpha value is -1.35. The Bertz CT molecular complexity index is 424. The van der Waals surface area contributed by atoms with Crippen LogP contribution in [0.15, 0.2) is 18.2 Å². The number of amides is 1. The molecule has 1 fully saturated rings. The molecule has 0 aromatic heterocycles. The van der Waals surface area contributed by atoms with Crippen LogP contribution < -0.4 is 10.6 Å². The monoisotopic (exact) mass is 216 g/mol. The summed E-state index contributed by atoms with van der Waals surface area (Å²) in [4.78, 5) is 11.2. The van der Waals surface area contributed by atoms with Gasteiger partial charge in [-0.25, -0.2) is 0 Å². The number of carbonyl (C=O) groups excluding carboxylic acids is 1. The molecule has 3 nitrogen and oxygen atoms in total. The zero-order valence-electron chi connectivity index (χ0n) is 9.25. The maximum absolute atomic E-state index is 11.2. The van der Waals surface area contributed by atoms with Gasteiger partial charge in [-0.15, -0.1) is 0 Å². The fraction of sp³-hybridized carbons (Fsp3) is 0.462. The maximum atomic E-state index is 11.2. The van der Waals surface area contributed by atoms with Crippen LogP contribution in [-0.4, -0.2) is 18.5 Å². The van der Waals surface area contributed by atoms with Gasteiger partial charge >= 0.3 is 0 Å². The second-order valence-corrected chi connectivity index (χ2v) is 4.69. The molecule has 84 valence electrons. The Labute approximate surface area is 95.2 Å². The van der Waals surface area contributed by atoms with E-state index in [-0.39, 0.29) is 5.91 Å². The number of hydrogen-bond donors (Lipinski definition) is 2. The normalized spacial score (nSPS) is 18.4. The third-order valence-electron chi connectivity index (χ3n) is 3.22. The molecule has 1 heterocycles. The predicted octanol–water partition coefficient (Wildman–Crippen LogP) is 1.48. The van der Waals surface area contributed by atoms with Crippen LogP contribution in [0.5, 0.6) is 0 Å². The molecule has 0 spiro atoms. The second-order valence-electron chi connectivity index (χ2n) is 4.69. The quantitative estimate of drug-likeness (QED) is 0.800. The van der Waals surface area contributed by atoms with Crippen molar-refractivity contribution < 1.29 is 4.79 Å². The summed E-state index contributed by atoms with van der Waals surface area (Å²) in [5.74, 6) is 0.114.